The molecular formula is C13H16O3. The van der Waals surface area contributed by atoms with Crippen molar-refractivity contribution < 1.29 is 14.6 Å². The lowest BCUT2D eigenvalue weighted by molar-refractivity contribution is 0.234. The van der Waals surface area contributed by atoms with Crippen LogP contribution in [0, 0.1) is 0 Å². The van der Waals surface area contributed by atoms with Gasteiger partial charge >= 0.3 is 0 Å². The third-order valence-electron chi connectivity index (χ3n) is 2.91. The molecule has 0 unspecified atom stereocenters. The van der Waals surface area contributed by atoms with Gasteiger partial charge in [0, 0.05) is 7.11 Å². The summed E-state index contributed by atoms with van der Waals surface area (Å²) in [7, 11) is 3.25. The highest BCUT2D eigenvalue weighted by atomic mass is 16.5. The molecule has 0 atom stereocenters. The van der Waals surface area contributed by atoms with Crippen LogP contribution in [0.4, 0.5) is 0 Å². The Morgan fingerprint density at radius 3 is 2.81 bits per heavy atom. The molecule has 0 aliphatic heterocycles. The van der Waals surface area contributed by atoms with Crippen molar-refractivity contribution >= 4 is 5.57 Å². The topological polar surface area (TPSA) is 38.7 Å². The normalized spacial score (nSPS) is 16.5. The minimum absolute atomic E-state index is 0.217. The van der Waals surface area contributed by atoms with E-state index in [9.17, 15) is 5.11 Å². The van der Waals surface area contributed by atoms with Gasteiger partial charge in [-0.15, -0.1) is 0 Å². The summed E-state index contributed by atoms with van der Waals surface area (Å²) in [6, 6.07) is 3.70. The third-order valence-corrected chi connectivity index (χ3v) is 2.91. The van der Waals surface area contributed by atoms with Crippen LogP contribution in [0.3, 0.4) is 0 Å². The fourth-order valence-corrected chi connectivity index (χ4v) is 2.08. The molecule has 1 aromatic rings. The zero-order chi connectivity index (χ0) is 11.5. The molecular weight excluding hydrogens is 204 g/mol. The maximum Gasteiger partial charge on any atom is 0.161 e. The van der Waals surface area contributed by atoms with Gasteiger partial charge in [-0.2, -0.15) is 0 Å². The van der Waals surface area contributed by atoms with Gasteiger partial charge < -0.3 is 14.6 Å². The number of methoxy groups -OCH3 is 2. The van der Waals surface area contributed by atoms with E-state index in [0.717, 1.165) is 12.8 Å². The SMILES string of the molecule is COC/C=C1\CCc2cc(O)c(OC)cc21. The first-order valence-corrected chi connectivity index (χ1v) is 5.34. The number of hydrogen-bond donors (Lipinski definition) is 1. The molecule has 3 heteroatoms. The summed E-state index contributed by atoms with van der Waals surface area (Å²) in [6.45, 7) is 0.623. The molecule has 0 heterocycles. The van der Waals surface area contributed by atoms with Crippen molar-refractivity contribution in [2.45, 2.75) is 12.8 Å². The highest BCUT2D eigenvalue weighted by molar-refractivity contribution is 5.75. The number of allylic oxidation sites excluding steroid dienone is 1. The fraction of sp³-hybridized carbons (Fsp3) is 0.385. The van der Waals surface area contributed by atoms with Gasteiger partial charge in [0.1, 0.15) is 0 Å². The van der Waals surface area contributed by atoms with Crippen molar-refractivity contribution in [1.29, 1.82) is 0 Å². The van der Waals surface area contributed by atoms with Crippen LogP contribution in [0.15, 0.2) is 18.2 Å². The smallest absolute Gasteiger partial charge is 0.161 e. The van der Waals surface area contributed by atoms with E-state index >= 15 is 0 Å². The van der Waals surface area contributed by atoms with Gasteiger partial charge in [-0.3, -0.25) is 0 Å². The molecule has 0 bridgehead atoms. The number of aryl methyl sites for hydroxylation is 1. The van der Waals surface area contributed by atoms with E-state index in [4.69, 9.17) is 9.47 Å². The lowest BCUT2D eigenvalue weighted by Crippen LogP contribution is -1.89. The van der Waals surface area contributed by atoms with Gasteiger partial charge in [-0.1, -0.05) is 6.08 Å². The maximum absolute atomic E-state index is 9.67. The van der Waals surface area contributed by atoms with E-state index in [1.807, 2.05) is 6.07 Å². The van der Waals surface area contributed by atoms with Crippen molar-refractivity contribution in [3.8, 4) is 11.5 Å². The number of aromatic hydroxyl groups is 1. The Hall–Kier alpha value is -1.48. The lowest BCUT2D eigenvalue weighted by Gasteiger charge is -2.07. The van der Waals surface area contributed by atoms with Crippen molar-refractivity contribution in [2.24, 2.45) is 0 Å². The Morgan fingerprint density at radius 1 is 1.31 bits per heavy atom. The lowest BCUT2D eigenvalue weighted by atomic mass is 10.1. The van der Waals surface area contributed by atoms with E-state index in [0.29, 0.717) is 12.4 Å². The molecule has 0 saturated heterocycles. The van der Waals surface area contributed by atoms with Gasteiger partial charge in [0.05, 0.1) is 13.7 Å². The largest absolute Gasteiger partial charge is 0.504 e. The van der Waals surface area contributed by atoms with Crippen LogP contribution in [0.25, 0.3) is 5.57 Å². The number of phenolic OH excluding ortho intramolecular Hbond substituents is 1. The monoisotopic (exact) mass is 220 g/mol. The summed E-state index contributed by atoms with van der Waals surface area (Å²) in [5, 5.41) is 9.67. The molecule has 1 aliphatic carbocycles. The van der Waals surface area contributed by atoms with Crippen LogP contribution in [0.2, 0.25) is 0 Å². The number of phenols is 1. The zero-order valence-corrected chi connectivity index (χ0v) is 9.62. The summed E-state index contributed by atoms with van der Waals surface area (Å²) in [6.07, 6.45) is 4.07. The van der Waals surface area contributed by atoms with E-state index in [-0.39, 0.29) is 5.75 Å². The number of rotatable bonds is 3. The predicted octanol–water partition coefficient (Wildman–Crippen LogP) is 2.38. The van der Waals surface area contributed by atoms with Crippen molar-refractivity contribution in [2.75, 3.05) is 20.8 Å². The first-order chi connectivity index (χ1) is 7.76. The summed E-state index contributed by atoms with van der Waals surface area (Å²) in [5.41, 5.74) is 3.63. The molecule has 1 N–H and O–H groups in total. The van der Waals surface area contributed by atoms with Crippen LogP contribution in [0.5, 0.6) is 11.5 Å². The molecule has 0 aromatic heterocycles. The molecule has 2 rings (SSSR count). The summed E-state index contributed by atoms with van der Waals surface area (Å²) < 4.78 is 10.2. The Kier molecular flexibility index (Phi) is 3.15. The van der Waals surface area contributed by atoms with E-state index in [1.54, 1.807) is 20.3 Å². The molecule has 0 saturated carbocycles. The van der Waals surface area contributed by atoms with Crippen LogP contribution in [-0.2, 0) is 11.2 Å². The second-order valence-electron chi connectivity index (χ2n) is 3.87. The Morgan fingerprint density at radius 2 is 2.12 bits per heavy atom. The number of benzene rings is 1. The van der Waals surface area contributed by atoms with Gasteiger partial charge in [0.25, 0.3) is 0 Å². The molecule has 0 amide bonds. The molecule has 1 aromatic carbocycles. The van der Waals surface area contributed by atoms with Gasteiger partial charge in [-0.05, 0) is 41.7 Å². The van der Waals surface area contributed by atoms with Gasteiger partial charge in [-0.25, -0.2) is 0 Å². The summed E-state index contributed by atoms with van der Waals surface area (Å²) >= 11 is 0. The first kappa shape index (κ1) is 11.0. The maximum atomic E-state index is 9.67. The van der Waals surface area contributed by atoms with Crippen LogP contribution >= 0.6 is 0 Å². The average Bonchev–Trinajstić information content (AvgIpc) is 2.67. The van der Waals surface area contributed by atoms with Crippen LogP contribution in [-0.4, -0.2) is 25.9 Å². The number of fused-ring (bicyclic) bond motifs is 1. The predicted molar refractivity (Wildman–Crippen MR) is 62.8 cm³/mol. The quantitative estimate of drug-likeness (QED) is 0.850. The van der Waals surface area contributed by atoms with Gasteiger partial charge in [0.15, 0.2) is 11.5 Å². The van der Waals surface area contributed by atoms with Crippen LogP contribution in [0.1, 0.15) is 17.5 Å². The van der Waals surface area contributed by atoms with E-state index in [2.05, 4.69) is 6.08 Å². The zero-order valence-electron chi connectivity index (χ0n) is 9.62. The number of hydrogen-bond acceptors (Lipinski definition) is 3. The standard InChI is InChI=1S/C13H16O3/c1-15-6-5-9-3-4-10-7-12(14)13(16-2)8-11(9)10/h5,7-8,14H,3-4,6H2,1-2H3/b9-5+. The third kappa shape index (κ3) is 1.91. The number of ether oxygens (including phenoxy) is 2. The molecule has 86 valence electrons. The molecule has 3 nitrogen and oxygen atoms in total. The highest BCUT2D eigenvalue weighted by Crippen LogP contribution is 2.39. The van der Waals surface area contributed by atoms with Crippen molar-refractivity contribution in [3.05, 3.63) is 29.3 Å². The Bertz CT molecular complexity index is 421. The Labute approximate surface area is 95.3 Å². The first-order valence-electron chi connectivity index (χ1n) is 5.34. The average molecular weight is 220 g/mol. The van der Waals surface area contributed by atoms with Gasteiger partial charge in [0.2, 0.25) is 0 Å². The van der Waals surface area contributed by atoms with E-state index < -0.39 is 0 Å². The molecule has 0 fully saturated rings. The Balaban J connectivity index is 2.38. The molecule has 0 radical (unpaired) electrons. The van der Waals surface area contributed by atoms with Crippen LogP contribution < -0.4 is 4.74 Å². The van der Waals surface area contributed by atoms with E-state index in [1.165, 1.54) is 16.7 Å². The second kappa shape index (κ2) is 4.58. The van der Waals surface area contributed by atoms with Crippen molar-refractivity contribution in [3.63, 3.8) is 0 Å². The minimum Gasteiger partial charge on any atom is -0.504 e. The highest BCUT2D eigenvalue weighted by Gasteiger charge is 2.18. The summed E-state index contributed by atoms with van der Waals surface area (Å²) in [5.74, 6) is 0.748. The molecule has 0 spiro atoms. The fourth-order valence-electron chi connectivity index (χ4n) is 2.08. The molecule has 16 heavy (non-hydrogen) atoms. The molecule has 1 aliphatic rings. The van der Waals surface area contributed by atoms with Crippen molar-refractivity contribution in [1.82, 2.24) is 0 Å². The summed E-state index contributed by atoms with van der Waals surface area (Å²) in [4.78, 5) is 0. The minimum atomic E-state index is 0.217. The second-order valence-corrected chi connectivity index (χ2v) is 3.87.